The van der Waals surface area contributed by atoms with Crippen LogP contribution >= 0.6 is 25.0 Å². The number of thiocarbonyl (C=S) groups is 1. The number of thiol groups is 1. The van der Waals surface area contributed by atoms with Gasteiger partial charge >= 0.3 is 11.9 Å². The smallest absolute Gasteiger partial charge is 0.320 e. The third kappa shape index (κ3) is 36.0. The number of hydrogen-bond donors (Lipinski definition) is 1. The number of carbonyl (C=O) groups excluding carboxylic acids is 2. The Morgan fingerprint density at radius 2 is 0.672 bits per heavy atom. The van der Waals surface area contributed by atoms with Gasteiger partial charge in [-0.15, -0.1) is 0 Å². The highest BCUT2D eigenvalue weighted by molar-refractivity contribution is 7.82. The Morgan fingerprint density at radius 3 is 0.983 bits per heavy atom. The third-order valence-corrected chi connectivity index (χ3v) is 13.5. The molecule has 344 valence electrons. The first kappa shape index (κ1) is 57.3. The highest BCUT2D eigenvalue weighted by Gasteiger charge is 2.41. The molecule has 0 fully saturated rings. The van der Waals surface area contributed by atoms with E-state index in [4.69, 9.17) is 34.5 Å². The van der Waals surface area contributed by atoms with Crippen LogP contribution in [0.3, 0.4) is 0 Å². The molecule has 0 aliphatic heterocycles. The highest BCUT2D eigenvalue weighted by Crippen LogP contribution is 2.27. The fraction of sp³-hybridized carbons (Fsp3) is 0.941. The molecule has 1 unspecified atom stereocenters. The monoisotopic (exact) mass is 855 g/mol. The van der Waals surface area contributed by atoms with Crippen molar-refractivity contribution < 1.29 is 23.0 Å². The van der Waals surface area contributed by atoms with Crippen LogP contribution in [0.4, 0.5) is 0 Å². The van der Waals surface area contributed by atoms with Crippen molar-refractivity contribution in [3.05, 3.63) is 0 Å². The molecule has 0 saturated carbocycles. The van der Waals surface area contributed by atoms with Gasteiger partial charge in [-0.25, -0.2) is 3.89 Å². The minimum atomic E-state index is -0.810. The van der Waals surface area contributed by atoms with Gasteiger partial charge in [-0.2, -0.15) is 0 Å². The summed E-state index contributed by atoms with van der Waals surface area (Å²) in [6, 6.07) is 0. The summed E-state index contributed by atoms with van der Waals surface area (Å²) in [5.41, 5.74) is 0. The van der Waals surface area contributed by atoms with Crippen molar-refractivity contribution in [1.82, 2.24) is 0 Å². The van der Waals surface area contributed by atoms with Crippen molar-refractivity contribution in [2.24, 2.45) is 5.92 Å². The molecule has 0 aliphatic rings. The zero-order valence-corrected chi connectivity index (χ0v) is 41.1. The van der Waals surface area contributed by atoms with Gasteiger partial charge in [0.25, 0.3) is 0 Å². The van der Waals surface area contributed by atoms with Gasteiger partial charge in [0.05, 0.1) is 45.5 Å². The Bertz CT molecular complexity index is 879. The Balaban J connectivity index is 4.97. The van der Waals surface area contributed by atoms with E-state index in [1.807, 2.05) is 0 Å². The molecule has 7 heteroatoms. The second-order valence-corrected chi connectivity index (χ2v) is 19.1. The molecule has 0 aromatic heterocycles. The van der Waals surface area contributed by atoms with Gasteiger partial charge in [-0.1, -0.05) is 233 Å². The van der Waals surface area contributed by atoms with E-state index >= 15 is 0 Å². The highest BCUT2D eigenvalue weighted by atomic mass is 32.1. The molecular weight excluding hydrogens is 755 g/mol. The van der Waals surface area contributed by atoms with E-state index in [2.05, 4.69) is 27.7 Å². The maximum Gasteiger partial charge on any atom is 0.320 e. The topological polar surface area (TPSA) is 52.6 Å². The Hall–Kier alpha value is -0.660. The molecular formula is C51H100NO4S2+. The molecule has 1 atom stereocenters. The van der Waals surface area contributed by atoms with Crippen molar-refractivity contribution in [3.8, 4) is 0 Å². The summed E-state index contributed by atoms with van der Waals surface area (Å²) >= 11 is 11.5. The van der Waals surface area contributed by atoms with E-state index < -0.39 is 5.92 Å². The van der Waals surface area contributed by atoms with Crippen LogP contribution in [0.25, 0.3) is 0 Å². The molecule has 0 radical (unpaired) electrons. The molecule has 0 rings (SSSR count). The van der Waals surface area contributed by atoms with Crippen LogP contribution in [0, 0.1) is 5.92 Å². The largest absolute Gasteiger partial charge is 0.466 e. The number of esters is 2. The quantitative estimate of drug-likeness (QED) is 0.0217. The van der Waals surface area contributed by atoms with Gasteiger partial charge in [0, 0.05) is 0 Å². The van der Waals surface area contributed by atoms with Crippen LogP contribution < -0.4 is 0 Å². The number of quaternary nitrogens is 1. The van der Waals surface area contributed by atoms with E-state index in [0.29, 0.717) is 18.2 Å². The Kier molecular flexibility index (Phi) is 43.9. The third-order valence-electron chi connectivity index (χ3n) is 12.1. The number of ether oxygens (including phenoxy) is 2. The molecule has 0 heterocycles. The first-order valence-electron chi connectivity index (χ1n) is 25.8. The van der Waals surface area contributed by atoms with Crippen LogP contribution in [-0.4, -0.2) is 47.1 Å². The molecule has 0 bridgehead atoms. The standard InChI is InChI=1S/C51H100NO4S2/c1-5-9-13-15-17-19-21-23-25-27-29-31-33-35-37-39-43-52(58,44-40-38-36-34-32-30-28-26-24-22-20-18-16-14-10-6-2)50(57)48(51(54)56-46-42-12-8-4)47-49(53)55-45-41-11-7-3/h48,58H,5-47H2,1-4H3/q+1. The summed E-state index contributed by atoms with van der Waals surface area (Å²) < 4.78 is 11.6. The van der Waals surface area contributed by atoms with Gasteiger partial charge in [0.1, 0.15) is 0 Å². The number of unbranched alkanes of at least 4 members (excludes halogenated alkanes) is 34. The van der Waals surface area contributed by atoms with E-state index in [0.717, 1.165) is 77.3 Å². The maximum atomic E-state index is 13.6. The zero-order chi connectivity index (χ0) is 42.6. The van der Waals surface area contributed by atoms with E-state index in [-0.39, 0.29) is 22.2 Å². The van der Waals surface area contributed by atoms with E-state index in [1.54, 1.807) is 0 Å². The maximum absolute atomic E-state index is 13.6. The molecule has 0 aromatic rings. The van der Waals surface area contributed by atoms with Crippen molar-refractivity contribution >= 4 is 42.0 Å². The summed E-state index contributed by atoms with van der Waals surface area (Å²) in [6.07, 6.45) is 48.4. The average molecular weight is 855 g/mol. The molecule has 0 saturated heterocycles. The Labute approximate surface area is 373 Å². The molecule has 0 amide bonds. The van der Waals surface area contributed by atoms with Gasteiger partial charge in [-0.3, -0.25) is 9.59 Å². The predicted molar refractivity (Wildman–Crippen MR) is 260 cm³/mol. The molecule has 0 N–H and O–H groups in total. The minimum Gasteiger partial charge on any atom is -0.466 e. The summed E-state index contributed by atoms with van der Waals surface area (Å²) in [4.78, 5) is 27.2. The van der Waals surface area contributed by atoms with Crippen LogP contribution in [0.2, 0.25) is 0 Å². The van der Waals surface area contributed by atoms with Gasteiger partial charge in [0.2, 0.25) is 4.99 Å². The van der Waals surface area contributed by atoms with Gasteiger partial charge in [-0.05, 0) is 50.7 Å². The fourth-order valence-electron chi connectivity index (χ4n) is 8.13. The van der Waals surface area contributed by atoms with Crippen molar-refractivity contribution in [2.45, 2.75) is 278 Å². The van der Waals surface area contributed by atoms with Crippen LogP contribution in [0.15, 0.2) is 0 Å². The average Bonchev–Trinajstić information content (AvgIpc) is 3.22. The van der Waals surface area contributed by atoms with Crippen LogP contribution in [0.1, 0.15) is 278 Å². The fourth-order valence-corrected chi connectivity index (χ4v) is 8.91. The van der Waals surface area contributed by atoms with Crippen LogP contribution in [-0.2, 0) is 19.1 Å². The first-order valence-corrected chi connectivity index (χ1v) is 26.6. The predicted octanol–water partition coefficient (Wildman–Crippen LogP) is 17.0. The molecule has 0 aliphatic carbocycles. The molecule has 5 nitrogen and oxygen atoms in total. The number of rotatable bonds is 46. The first-order chi connectivity index (χ1) is 28.4. The lowest BCUT2D eigenvalue weighted by atomic mass is 10.0. The second-order valence-electron chi connectivity index (χ2n) is 17.9. The number of carbonyl (C=O) groups is 2. The summed E-state index contributed by atoms with van der Waals surface area (Å²) in [6.45, 7) is 11.2. The summed E-state index contributed by atoms with van der Waals surface area (Å²) in [5.74, 6) is -1.56. The van der Waals surface area contributed by atoms with Crippen molar-refractivity contribution in [3.63, 3.8) is 0 Å². The SMILES string of the molecule is CCCCCCCCCCCCCCCCCC[N+](S)(CCCCCCCCCCCCCCCCCC)C(=S)C(CC(=O)OCCCCC)C(=O)OCCCCC. The van der Waals surface area contributed by atoms with Crippen molar-refractivity contribution in [1.29, 1.82) is 0 Å². The lowest BCUT2D eigenvalue weighted by molar-refractivity contribution is -0.696. The number of nitrogens with zero attached hydrogens (tertiary/aromatic N) is 1. The second kappa shape index (κ2) is 44.4. The lowest BCUT2D eigenvalue weighted by Crippen LogP contribution is -2.50. The molecule has 0 spiro atoms. The number of hydrogen-bond acceptors (Lipinski definition) is 6. The zero-order valence-electron chi connectivity index (χ0n) is 39.4. The summed E-state index contributed by atoms with van der Waals surface area (Å²) in [7, 11) is 0. The van der Waals surface area contributed by atoms with E-state index in [9.17, 15) is 9.59 Å². The van der Waals surface area contributed by atoms with E-state index in [1.165, 1.54) is 180 Å². The van der Waals surface area contributed by atoms with Gasteiger partial charge < -0.3 is 9.47 Å². The normalized spacial score (nSPS) is 12.2. The van der Waals surface area contributed by atoms with Crippen LogP contribution in [0.5, 0.6) is 0 Å². The molecule has 0 aromatic carbocycles. The molecule has 58 heavy (non-hydrogen) atoms. The van der Waals surface area contributed by atoms with Crippen molar-refractivity contribution in [2.75, 3.05) is 26.3 Å². The summed E-state index contributed by atoms with van der Waals surface area (Å²) in [5, 5.41) is 0. The Morgan fingerprint density at radius 1 is 0.414 bits per heavy atom. The minimum absolute atomic E-state index is 0.0595. The van der Waals surface area contributed by atoms with Gasteiger partial charge in [0.15, 0.2) is 5.92 Å². The lowest BCUT2D eigenvalue weighted by Gasteiger charge is -2.34.